The Hall–Kier alpha value is -1.36. The van der Waals surface area contributed by atoms with Gasteiger partial charge in [-0.2, -0.15) is 0 Å². The van der Waals surface area contributed by atoms with Crippen LogP contribution in [0.3, 0.4) is 0 Å². The predicted octanol–water partition coefficient (Wildman–Crippen LogP) is 2.71. The molecular weight excluding hydrogens is 264 g/mol. The Kier molecular flexibility index (Phi) is 6.73. The maximum absolute atomic E-state index is 5.44. The van der Waals surface area contributed by atoms with Crippen molar-refractivity contribution in [1.82, 2.24) is 9.88 Å². The SMILES string of the molecule is COCCOCCCCNCc1cn(C)c2ccccc12. The second-order valence-electron chi connectivity index (χ2n) is 5.27. The van der Waals surface area contributed by atoms with Crippen LogP contribution in [0.2, 0.25) is 0 Å². The van der Waals surface area contributed by atoms with Crippen molar-refractivity contribution >= 4 is 10.9 Å². The lowest BCUT2D eigenvalue weighted by Gasteiger charge is -2.05. The lowest BCUT2D eigenvalue weighted by atomic mass is 10.2. The number of fused-ring (bicyclic) bond motifs is 1. The summed E-state index contributed by atoms with van der Waals surface area (Å²) in [6.07, 6.45) is 4.44. The van der Waals surface area contributed by atoms with Gasteiger partial charge >= 0.3 is 0 Å². The molecule has 0 atom stereocenters. The monoisotopic (exact) mass is 290 g/mol. The molecule has 1 N–H and O–H groups in total. The van der Waals surface area contributed by atoms with Gasteiger partial charge in [-0.3, -0.25) is 0 Å². The number of para-hydroxylation sites is 1. The molecule has 0 aliphatic rings. The third-order valence-corrected chi connectivity index (χ3v) is 3.62. The molecule has 0 spiro atoms. The molecule has 0 aliphatic heterocycles. The topological polar surface area (TPSA) is 35.4 Å². The summed E-state index contributed by atoms with van der Waals surface area (Å²) in [4.78, 5) is 0. The number of unbranched alkanes of at least 4 members (excludes halogenated alkanes) is 1. The molecule has 2 rings (SSSR count). The Morgan fingerprint density at radius 2 is 1.95 bits per heavy atom. The van der Waals surface area contributed by atoms with Crippen LogP contribution < -0.4 is 5.32 Å². The van der Waals surface area contributed by atoms with E-state index < -0.39 is 0 Å². The zero-order valence-corrected chi connectivity index (χ0v) is 13.1. The van der Waals surface area contributed by atoms with Crippen LogP contribution in [0.5, 0.6) is 0 Å². The summed E-state index contributed by atoms with van der Waals surface area (Å²) < 4.78 is 12.6. The van der Waals surface area contributed by atoms with E-state index in [1.165, 1.54) is 16.5 Å². The summed E-state index contributed by atoms with van der Waals surface area (Å²) in [6, 6.07) is 8.54. The lowest BCUT2D eigenvalue weighted by Crippen LogP contribution is -2.15. The van der Waals surface area contributed by atoms with Gasteiger partial charge in [0.25, 0.3) is 0 Å². The van der Waals surface area contributed by atoms with E-state index in [0.717, 1.165) is 32.5 Å². The van der Waals surface area contributed by atoms with Crippen LogP contribution in [0.1, 0.15) is 18.4 Å². The highest BCUT2D eigenvalue weighted by Crippen LogP contribution is 2.19. The maximum atomic E-state index is 5.44. The Labute approximate surface area is 127 Å². The van der Waals surface area contributed by atoms with Gasteiger partial charge in [-0.15, -0.1) is 0 Å². The van der Waals surface area contributed by atoms with Gasteiger partial charge in [-0.05, 0) is 31.0 Å². The minimum atomic E-state index is 0.680. The van der Waals surface area contributed by atoms with Gasteiger partial charge in [0, 0.05) is 44.4 Å². The highest BCUT2D eigenvalue weighted by Gasteiger charge is 2.04. The fourth-order valence-electron chi connectivity index (χ4n) is 2.49. The molecule has 0 saturated heterocycles. The number of nitrogens with one attached hydrogen (secondary N) is 1. The van der Waals surface area contributed by atoms with Gasteiger partial charge in [0.05, 0.1) is 13.2 Å². The third kappa shape index (κ3) is 4.84. The fourth-order valence-corrected chi connectivity index (χ4v) is 2.49. The summed E-state index contributed by atoms with van der Waals surface area (Å²) in [6.45, 7) is 4.14. The van der Waals surface area contributed by atoms with Crippen LogP contribution in [-0.2, 0) is 23.1 Å². The summed E-state index contributed by atoms with van der Waals surface area (Å²) in [5.74, 6) is 0. The first-order chi connectivity index (χ1) is 10.3. The lowest BCUT2D eigenvalue weighted by molar-refractivity contribution is 0.0688. The van der Waals surface area contributed by atoms with Gasteiger partial charge in [0.15, 0.2) is 0 Å². The van der Waals surface area contributed by atoms with E-state index in [2.05, 4.69) is 47.4 Å². The molecular formula is C17H26N2O2. The van der Waals surface area contributed by atoms with E-state index in [9.17, 15) is 0 Å². The van der Waals surface area contributed by atoms with Crippen LogP contribution in [0.25, 0.3) is 10.9 Å². The molecule has 0 amide bonds. The molecule has 0 radical (unpaired) electrons. The number of ether oxygens (including phenoxy) is 2. The normalized spacial score (nSPS) is 11.3. The van der Waals surface area contributed by atoms with Crippen LogP contribution >= 0.6 is 0 Å². The Morgan fingerprint density at radius 1 is 1.10 bits per heavy atom. The summed E-state index contributed by atoms with van der Waals surface area (Å²) in [5, 5.41) is 4.86. The molecule has 0 unspecified atom stereocenters. The van der Waals surface area contributed by atoms with E-state index >= 15 is 0 Å². The smallest absolute Gasteiger partial charge is 0.0700 e. The van der Waals surface area contributed by atoms with Crippen LogP contribution in [0.15, 0.2) is 30.5 Å². The highest BCUT2D eigenvalue weighted by molar-refractivity contribution is 5.83. The first kappa shape index (κ1) is 16.0. The fraction of sp³-hybridized carbons (Fsp3) is 0.529. The number of aryl methyl sites for hydroxylation is 1. The van der Waals surface area contributed by atoms with Gasteiger partial charge in [0.1, 0.15) is 0 Å². The van der Waals surface area contributed by atoms with Crippen molar-refractivity contribution in [3.05, 3.63) is 36.0 Å². The molecule has 4 heteroatoms. The first-order valence-electron chi connectivity index (χ1n) is 7.63. The van der Waals surface area contributed by atoms with Gasteiger partial charge in [-0.1, -0.05) is 18.2 Å². The summed E-state index contributed by atoms with van der Waals surface area (Å²) in [5.41, 5.74) is 2.66. The van der Waals surface area contributed by atoms with Gasteiger partial charge < -0.3 is 19.4 Å². The predicted molar refractivity (Wildman–Crippen MR) is 86.6 cm³/mol. The zero-order valence-electron chi connectivity index (χ0n) is 13.1. The van der Waals surface area contributed by atoms with Gasteiger partial charge in [0.2, 0.25) is 0 Å². The van der Waals surface area contributed by atoms with E-state index in [0.29, 0.717) is 13.2 Å². The van der Waals surface area contributed by atoms with E-state index in [1.807, 2.05) is 0 Å². The average Bonchev–Trinajstić information content (AvgIpc) is 2.83. The van der Waals surface area contributed by atoms with Crippen molar-refractivity contribution in [2.24, 2.45) is 7.05 Å². The molecule has 0 bridgehead atoms. The Morgan fingerprint density at radius 3 is 2.81 bits per heavy atom. The molecule has 21 heavy (non-hydrogen) atoms. The second-order valence-corrected chi connectivity index (χ2v) is 5.27. The third-order valence-electron chi connectivity index (χ3n) is 3.62. The van der Waals surface area contributed by atoms with Crippen LogP contribution in [-0.4, -0.2) is 38.0 Å². The van der Waals surface area contributed by atoms with Crippen molar-refractivity contribution in [2.45, 2.75) is 19.4 Å². The molecule has 0 aliphatic carbocycles. The molecule has 1 heterocycles. The average molecular weight is 290 g/mol. The minimum Gasteiger partial charge on any atom is -0.382 e. The number of hydrogen-bond donors (Lipinski definition) is 1. The van der Waals surface area contributed by atoms with Crippen LogP contribution in [0.4, 0.5) is 0 Å². The second kappa shape index (κ2) is 8.82. The number of methoxy groups -OCH3 is 1. The molecule has 2 aromatic rings. The molecule has 116 valence electrons. The highest BCUT2D eigenvalue weighted by atomic mass is 16.5. The van der Waals surface area contributed by atoms with Crippen molar-refractivity contribution < 1.29 is 9.47 Å². The Bertz CT molecular complexity index is 537. The minimum absolute atomic E-state index is 0.680. The quantitative estimate of drug-likeness (QED) is 0.683. The molecule has 4 nitrogen and oxygen atoms in total. The largest absolute Gasteiger partial charge is 0.382 e. The standard InChI is InChI=1S/C17H26N2O2/c1-19-14-15(16-7-3-4-8-17(16)19)13-18-9-5-6-10-21-12-11-20-2/h3-4,7-8,14,18H,5-6,9-13H2,1-2H3. The van der Waals surface area contributed by atoms with Crippen LogP contribution in [0, 0.1) is 0 Å². The van der Waals surface area contributed by atoms with Crippen molar-refractivity contribution in [3.8, 4) is 0 Å². The van der Waals surface area contributed by atoms with Crippen molar-refractivity contribution in [3.63, 3.8) is 0 Å². The zero-order chi connectivity index (χ0) is 14.9. The van der Waals surface area contributed by atoms with Gasteiger partial charge in [-0.25, -0.2) is 0 Å². The van der Waals surface area contributed by atoms with Crippen molar-refractivity contribution in [2.75, 3.05) is 33.5 Å². The molecule has 1 aromatic heterocycles. The summed E-state index contributed by atoms with van der Waals surface area (Å²) >= 11 is 0. The molecule has 0 fully saturated rings. The van der Waals surface area contributed by atoms with Crippen molar-refractivity contribution in [1.29, 1.82) is 0 Å². The molecule has 0 saturated carbocycles. The van der Waals surface area contributed by atoms with E-state index in [1.54, 1.807) is 7.11 Å². The number of rotatable bonds is 10. The molecule has 1 aromatic carbocycles. The number of aromatic nitrogens is 1. The number of benzene rings is 1. The van der Waals surface area contributed by atoms with E-state index in [-0.39, 0.29) is 0 Å². The van der Waals surface area contributed by atoms with E-state index in [4.69, 9.17) is 9.47 Å². The first-order valence-corrected chi connectivity index (χ1v) is 7.63. The summed E-state index contributed by atoms with van der Waals surface area (Å²) in [7, 11) is 3.80. The Balaban J connectivity index is 1.64. The number of hydrogen-bond acceptors (Lipinski definition) is 3. The number of nitrogens with zero attached hydrogens (tertiary/aromatic N) is 1. The maximum Gasteiger partial charge on any atom is 0.0700 e.